The number of methoxy groups -OCH3 is 1. The molecule has 45 heavy (non-hydrogen) atoms. The molecule has 0 unspecified atom stereocenters. The third-order valence-electron chi connectivity index (χ3n) is 7.76. The lowest BCUT2D eigenvalue weighted by Crippen LogP contribution is -2.43. The number of benzene rings is 2. The molecule has 0 saturated heterocycles. The number of thiazole rings is 1. The Morgan fingerprint density at radius 1 is 1.07 bits per heavy atom. The van der Waals surface area contributed by atoms with Crippen LogP contribution < -0.4 is 19.6 Å². The van der Waals surface area contributed by atoms with Crippen LogP contribution in [-0.2, 0) is 4.79 Å². The molecule has 1 atom stereocenters. The number of ether oxygens (including phenoxy) is 1. The molecule has 5 aromatic rings. The highest BCUT2D eigenvalue weighted by Gasteiger charge is 2.36. The van der Waals surface area contributed by atoms with Crippen LogP contribution >= 0.6 is 23.1 Å². The van der Waals surface area contributed by atoms with Crippen molar-refractivity contribution in [3.63, 3.8) is 0 Å². The van der Waals surface area contributed by atoms with Crippen LogP contribution in [0.25, 0.3) is 16.8 Å². The Hall–Kier alpha value is -4.48. The Labute approximate surface area is 268 Å². The maximum Gasteiger partial charge on any atom is 0.271 e. The van der Waals surface area contributed by atoms with E-state index in [0.29, 0.717) is 55.5 Å². The van der Waals surface area contributed by atoms with E-state index in [2.05, 4.69) is 9.97 Å². The average Bonchev–Trinajstić information content (AvgIpc) is 3.58. The first-order chi connectivity index (χ1) is 21.7. The van der Waals surface area contributed by atoms with Crippen LogP contribution in [0.2, 0.25) is 0 Å². The largest absolute Gasteiger partial charge is 0.496 e. The lowest BCUT2D eigenvalue weighted by atomic mass is 9.90. The summed E-state index contributed by atoms with van der Waals surface area (Å²) in [4.78, 5) is 44.5. The van der Waals surface area contributed by atoms with Gasteiger partial charge >= 0.3 is 0 Å². The number of fused-ring (bicyclic) bond motifs is 2. The number of aryl methyl sites for hydroxylation is 2. The van der Waals surface area contributed by atoms with Crippen LogP contribution in [0, 0.1) is 13.8 Å². The molecule has 0 saturated carbocycles. The van der Waals surface area contributed by atoms with Gasteiger partial charge in [0.25, 0.3) is 11.5 Å². The molecule has 0 fully saturated rings. The van der Waals surface area contributed by atoms with E-state index < -0.39 is 6.04 Å². The van der Waals surface area contributed by atoms with E-state index in [-0.39, 0.29) is 11.5 Å². The van der Waals surface area contributed by atoms with Crippen LogP contribution in [0.3, 0.4) is 0 Å². The van der Waals surface area contributed by atoms with Gasteiger partial charge in [-0.15, -0.1) is 0 Å². The molecule has 1 aliphatic rings. The average molecular weight is 640 g/mol. The molecule has 0 radical (unpaired) electrons. The molecule has 0 N–H and O–H groups in total. The van der Waals surface area contributed by atoms with Crippen molar-refractivity contribution in [3.05, 3.63) is 108 Å². The number of likely N-dealkylation sites (N-methyl/N-ethyl adjacent to an activating group) is 1. The SMILES string of the molecule is CCN(CC)C(=O)C1=C(C)N=c2s/c(=C\c3ccc(Sc4nc(C)cc(C)n4)o3)c(=O)n2[C@H]1c1c(OC)ccc2ccccc12. The van der Waals surface area contributed by atoms with Gasteiger partial charge in [0.15, 0.2) is 15.1 Å². The zero-order chi connectivity index (χ0) is 31.8. The van der Waals surface area contributed by atoms with Crippen molar-refractivity contribution in [2.45, 2.75) is 50.9 Å². The summed E-state index contributed by atoms with van der Waals surface area (Å²) in [6.07, 6.45) is 1.72. The molecule has 1 amide bonds. The topological polar surface area (TPSA) is 103 Å². The van der Waals surface area contributed by atoms with Crippen molar-refractivity contribution >= 4 is 45.9 Å². The third-order valence-corrected chi connectivity index (χ3v) is 9.52. The number of hydrogen-bond acceptors (Lipinski definition) is 9. The summed E-state index contributed by atoms with van der Waals surface area (Å²) in [7, 11) is 1.61. The number of carbonyl (C=O) groups is 1. The van der Waals surface area contributed by atoms with E-state index in [1.165, 1.54) is 23.1 Å². The molecule has 1 aliphatic heterocycles. The van der Waals surface area contributed by atoms with Crippen molar-refractivity contribution in [1.29, 1.82) is 0 Å². The molecule has 11 heteroatoms. The van der Waals surface area contributed by atoms with E-state index in [1.807, 2.05) is 89.2 Å². The van der Waals surface area contributed by atoms with Gasteiger partial charge in [0, 0.05) is 36.1 Å². The Balaban J connectivity index is 1.52. The Kier molecular flexibility index (Phi) is 8.48. The molecule has 0 aliphatic carbocycles. The summed E-state index contributed by atoms with van der Waals surface area (Å²) in [5.74, 6) is 0.951. The molecule has 4 heterocycles. The van der Waals surface area contributed by atoms with E-state index in [1.54, 1.807) is 22.7 Å². The van der Waals surface area contributed by atoms with Gasteiger partial charge in [0.1, 0.15) is 17.6 Å². The fourth-order valence-corrected chi connectivity index (χ4v) is 7.57. The van der Waals surface area contributed by atoms with Crippen LogP contribution in [0.5, 0.6) is 5.75 Å². The maximum atomic E-state index is 14.3. The first kappa shape index (κ1) is 30.5. The van der Waals surface area contributed by atoms with Gasteiger partial charge in [0.2, 0.25) is 0 Å². The monoisotopic (exact) mass is 639 g/mol. The molecule has 9 nitrogen and oxygen atoms in total. The summed E-state index contributed by atoms with van der Waals surface area (Å²) >= 11 is 2.59. The van der Waals surface area contributed by atoms with Crippen LogP contribution in [0.1, 0.15) is 49.5 Å². The summed E-state index contributed by atoms with van der Waals surface area (Å²) < 4.78 is 14.0. The number of furan rings is 1. The number of hydrogen-bond donors (Lipinski definition) is 0. The minimum absolute atomic E-state index is 0.156. The standard InChI is InChI=1S/C34H33N5O4S2/c1-7-38(8-2)32(41)28-21(5)37-34-39(30(28)29-24-12-10-9-11-22(24)13-15-25(29)42-6)31(40)26(44-34)18-23-14-16-27(43-23)45-33-35-19(3)17-20(4)36-33/h9-18,30H,7-8H2,1-6H3/b26-18-/t30-/m1/s1. The fraction of sp³-hybridized carbons (Fsp3) is 0.265. The molecule has 0 bridgehead atoms. The zero-order valence-electron chi connectivity index (χ0n) is 26.0. The lowest BCUT2D eigenvalue weighted by molar-refractivity contribution is -0.127. The van der Waals surface area contributed by atoms with Crippen molar-refractivity contribution in [1.82, 2.24) is 19.4 Å². The minimum atomic E-state index is -0.748. The van der Waals surface area contributed by atoms with Crippen LogP contribution in [0.15, 0.2) is 90.3 Å². The molecular formula is C34H33N5O4S2. The van der Waals surface area contributed by atoms with E-state index >= 15 is 0 Å². The summed E-state index contributed by atoms with van der Waals surface area (Å²) in [5, 5.41) is 3.09. The second-order valence-corrected chi connectivity index (χ2v) is 12.6. The first-order valence-corrected chi connectivity index (χ1v) is 16.3. The molecule has 6 rings (SSSR count). The predicted octanol–water partition coefficient (Wildman–Crippen LogP) is 5.42. The van der Waals surface area contributed by atoms with Crippen molar-refractivity contribution < 1.29 is 13.9 Å². The minimum Gasteiger partial charge on any atom is -0.496 e. The summed E-state index contributed by atoms with van der Waals surface area (Å²) in [6, 6.07) is 16.6. The summed E-state index contributed by atoms with van der Waals surface area (Å²) in [6.45, 7) is 10.6. The highest BCUT2D eigenvalue weighted by atomic mass is 32.2. The second kappa shape index (κ2) is 12.5. The normalized spacial score (nSPS) is 14.9. The van der Waals surface area contributed by atoms with Gasteiger partial charge in [-0.05, 0) is 81.4 Å². The number of aromatic nitrogens is 3. The van der Waals surface area contributed by atoms with E-state index in [9.17, 15) is 9.59 Å². The smallest absolute Gasteiger partial charge is 0.271 e. The fourth-order valence-electron chi connectivity index (χ4n) is 5.71. The van der Waals surface area contributed by atoms with Gasteiger partial charge in [0.05, 0.1) is 22.9 Å². The van der Waals surface area contributed by atoms with Gasteiger partial charge in [-0.2, -0.15) is 0 Å². The Morgan fingerprint density at radius 3 is 2.51 bits per heavy atom. The first-order valence-electron chi connectivity index (χ1n) is 14.7. The number of carbonyl (C=O) groups excluding carboxylic acids is 1. The van der Waals surface area contributed by atoms with Crippen molar-refractivity contribution in [2.24, 2.45) is 4.99 Å². The molecule has 230 valence electrons. The highest BCUT2D eigenvalue weighted by molar-refractivity contribution is 7.99. The van der Waals surface area contributed by atoms with Crippen LogP contribution in [-0.4, -0.2) is 45.5 Å². The number of amides is 1. The predicted molar refractivity (Wildman–Crippen MR) is 177 cm³/mol. The second-order valence-electron chi connectivity index (χ2n) is 10.7. The molecule has 3 aromatic heterocycles. The van der Waals surface area contributed by atoms with E-state index in [0.717, 1.165) is 27.7 Å². The quantitative estimate of drug-likeness (QED) is 0.209. The molecule has 2 aromatic carbocycles. The highest BCUT2D eigenvalue weighted by Crippen LogP contribution is 2.40. The van der Waals surface area contributed by atoms with Gasteiger partial charge in [-0.3, -0.25) is 14.2 Å². The van der Waals surface area contributed by atoms with E-state index in [4.69, 9.17) is 14.1 Å². The van der Waals surface area contributed by atoms with Gasteiger partial charge < -0.3 is 14.1 Å². The lowest BCUT2D eigenvalue weighted by Gasteiger charge is -2.30. The Bertz CT molecular complexity index is 2140. The zero-order valence-corrected chi connectivity index (χ0v) is 27.6. The number of allylic oxidation sites excluding steroid dienone is 1. The molecule has 0 spiro atoms. The Morgan fingerprint density at radius 2 is 1.80 bits per heavy atom. The van der Waals surface area contributed by atoms with Crippen LogP contribution in [0.4, 0.5) is 0 Å². The van der Waals surface area contributed by atoms with Gasteiger partial charge in [-0.25, -0.2) is 15.0 Å². The maximum absolute atomic E-state index is 14.3. The third kappa shape index (κ3) is 5.73. The van der Waals surface area contributed by atoms with Crippen molar-refractivity contribution in [2.75, 3.05) is 20.2 Å². The van der Waals surface area contributed by atoms with Crippen molar-refractivity contribution in [3.8, 4) is 5.75 Å². The number of rotatable bonds is 8. The van der Waals surface area contributed by atoms with Gasteiger partial charge in [-0.1, -0.05) is 41.7 Å². The molecular weight excluding hydrogens is 607 g/mol. The number of nitrogens with zero attached hydrogens (tertiary/aromatic N) is 5. The summed E-state index contributed by atoms with van der Waals surface area (Å²) in [5.41, 5.74) is 3.27.